The SMILES string of the molecule is c1ccc(-c2ccc(N(c3ccc(-c4cc5ccccc5c5ccccc45)cc3)c3ccc4sc5ccc6cnccc6c5c4c3)cc2)cc1. The van der Waals surface area contributed by atoms with Crippen LogP contribution in [0.1, 0.15) is 0 Å². The van der Waals surface area contributed by atoms with E-state index in [0.29, 0.717) is 0 Å². The van der Waals surface area contributed by atoms with E-state index in [-0.39, 0.29) is 0 Å². The summed E-state index contributed by atoms with van der Waals surface area (Å²) >= 11 is 1.85. The van der Waals surface area contributed by atoms with E-state index in [1.807, 2.05) is 23.7 Å². The van der Waals surface area contributed by atoms with Crippen LogP contribution in [0.3, 0.4) is 0 Å². The van der Waals surface area contributed by atoms with Gasteiger partial charge >= 0.3 is 0 Å². The maximum Gasteiger partial charge on any atom is 0.0468 e. The molecule has 0 amide bonds. The molecule has 0 aliphatic carbocycles. The summed E-state index contributed by atoms with van der Waals surface area (Å²) in [5, 5.41) is 10.1. The molecular weight excluding hydrogens is 625 g/mol. The maximum atomic E-state index is 4.39. The van der Waals surface area contributed by atoms with Gasteiger partial charge in [-0.3, -0.25) is 4.98 Å². The van der Waals surface area contributed by atoms with E-state index >= 15 is 0 Å². The van der Waals surface area contributed by atoms with Crippen molar-refractivity contribution in [2.24, 2.45) is 0 Å². The minimum Gasteiger partial charge on any atom is -0.310 e. The van der Waals surface area contributed by atoms with Gasteiger partial charge < -0.3 is 4.90 Å². The van der Waals surface area contributed by atoms with Crippen molar-refractivity contribution < 1.29 is 0 Å². The summed E-state index contributed by atoms with van der Waals surface area (Å²) in [6, 6.07) is 61.8. The lowest BCUT2D eigenvalue weighted by atomic mass is 9.93. The standard InChI is InChI=1S/C47H30N2S/c1-2-8-31(9-3-1)32-14-19-36(20-15-32)49(38-23-25-45-44(29-38)47-40-26-27-48-30-35(40)18-24-46(47)50-45)37-21-16-33(17-22-37)43-28-34-10-4-5-11-39(34)41-12-6-7-13-42(41)43/h1-30H. The van der Waals surface area contributed by atoms with Gasteiger partial charge in [0.15, 0.2) is 0 Å². The molecule has 0 aliphatic heterocycles. The largest absolute Gasteiger partial charge is 0.310 e. The Kier molecular flexibility index (Phi) is 6.71. The highest BCUT2D eigenvalue weighted by atomic mass is 32.1. The predicted molar refractivity (Wildman–Crippen MR) is 215 cm³/mol. The van der Waals surface area contributed by atoms with Crippen molar-refractivity contribution in [3.8, 4) is 22.3 Å². The van der Waals surface area contributed by atoms with Gasteiger partial charge in [-0.05, 0) is 110 Å². The number of pyridine rings is 1. The lowest BCUT2D eigenvalue weighted by molar-refractivity contribution is 1.29. The highest BCUT2D eigenvalue weighted by Crippen LogP contribution is 2.44. The Morgan fingerprint density at radius 2 is 1.04 bits per heavy atom. The quantitative estimate of drug-likeness (QED) is 0.172. The Morgan fingerprint density at radius 3 is 1.84 bits per heavy atom. The number of thiophene rings is 1. The number of anilines is 3. The van der Waals surface area contributed by atoms with E-state index in [0.717, 1.165) is 22.4 Å². The number of rotatable bonds is 5. The van der Waals surface area contributed by atoms with Gasteiger partial charge in [0.05, 0.1) is 0 Å². The predicted octanol–water partition coefficient (Wildman–Crippen LogP) is 13.7. The molecule has 3 heteroatoms. The summed E-state index contributed by atoms with van der Waals surface area (Å²) in [5.74, 6) is 0. The van der Waals surface area contributed by atoms with Crippen molar-refractivity contribution in [1.29, 1.82) is 0 Å². The molecule has 8 aromatic carbocycles. The minimum atomic E-state index is 1.11. The van der Waals surface area contributed by atoms with E-state index in [1.165, 1.54) is 69.4 Å². The van der Waals surface area contributed by atoms with Gasteiger partial charge in [-0.15, -0.1) is 11.3 Å². The number of hydrogen-bond acceptors (Lipinski definition) is 3. The molecule has 0 N–H and O–H groups in total. The van der Waals surface area contributed by atoms with E-state index in [9.17, 15) is 0 Å². The van der Waals surface area contributed by atoms with Crippen LogP contribution < -0.4 is 4.90 Å². The molecule has 0 unspecified atom stereocenters. The molecule has 10 aromatic rings. The summed E-state index contributed by atoms with van der Waals surface area (Å²) in [4.78, 5) is 6.78. The first-order valence-corrected chi connectivity index (χ1v) is 17.8. The molecule has 0 fully saturated rings. The minimum absolute atomic E-state index is 1.11. The van der Waals surface area contributed by atoms with Gasteiger partial charge in [0, 0.05) is 55.0 Å². The molecule has 0 aliphatic rings. The molecule has 0 saturated heterocycles. The molecule has 2 heterocycles. The van der Waals surface area contributed by atoms with Gasteiger partial charge in [-0.2, -0.15) is 0 Å². The lowest BCUT2D eigenvalue weighted by Crippen LogP contribution is -2.09. The fourth-order valence-corrected chi connectivity index (χ4v) is 8.64. The third kappa shape index (κ3) is 4.74. The molecule has 234 valence electrons. The number of fused-ring (bicyclic) bond motifs is 8. The zero-order valence-corrected chi connectivity index (χ0v) is 27.9. The van der Waals surface area contributed by atoms with Crippen molar-refractivity contribution in [2.75, 3.05) is 4.90 Å². The van der Waals surface area contributed by atoms with Crippen LogP contribution in [-0.2, 0) is 0 Å². The first-order valence-electron chi connectivity index (χ1n) is 16.9. The van der Waals surface area contributed by atoms with E-state index in [4.69, 9.17) is 0 Å². The van der Waals surface area contributed by atoms with Gasteiger partial charge in [-0.1, -0.05) is 109 Å². The highest BCUT2D eigenvalue weighted by Gasteiger charge is 2.17. The van der Waals surface area contributed by atoms with E-state index in [1.54, 1.807) is 0 Å². The van der Waals surface area contributed by atoms with Crippen LogP contribution in [0.4, 0.5) is 17.1 Å². The van der Waals surface area contributed by atoms with Gasteiger partial charge in [0.1, 0.15) is 0 Å². The zero-order valence-electron chi connectivity index (χ0n) is 27.1. The molecule has 10 rings (SSSR count). The second-order valence-corrected chi connectivity index (χ2v) is 13.9. The average molecular weight is 655 g/mol. The van der Waals surface area contributed by atoms with Crippen LogP contribution in [0.5, 0.6) is 0 Å². The third-order valence-corrected chi connectivity index (χ3v) is 11.1. The van der Waals surface area contributed by atoms with Crippen molar-refractivity contribution >= 4 is 80.9 Å². The molecule has 2 aromatic heterocycles. The fraction of sp³-hybridized carbons (Fsp3) is 0. The van der Waals surface area contributed by atoms with Crippen molar-refractivity contribution in [2.45, 2.75) is 0 Å². The van der Waals surface area contributed by atoms with Gasteiger partial charge in [-0.25, -0.2) is 0 Å². The molecular formula is C47H30N2S. The second-order valence-electron chi connectivity index (χ2n) is 12.8. The normalized spacial score (nSPS) is 11.6. The van der Waals surface area contributed by atoms with Crippen LogP contribution in [0, 0.1) is 0 Å². The second kappa shape index (κ2) is 11.7. The molecule has 50 heavy (non-hydrogen) atoms. The Labute approximate surface area is 294 Å². The number of benzene rings is 8. The van der Waals surface area contributed by atoms with E-state index < -0.39 is 0 Å². The molecule has 2 nitrogen and oxygen atoms in total. The van der Waals surface area contributed by atoms with Crippen molar-refractivity contribution in [3.63, 3.8) is 0 Å². The Balaban J connectivity index is 1.14. The van der Waals surface area contributed by atoms with Gasteiger partial charge in [0.2, 0.25) is 0 Å². The van der Waals surface area contributed by atoms with Crippen LogP contribution in [-0.4, -0.2) is 4.98 Å². The highest BCUT2D eigenvalue weighted by molar-refractivity contribution is 7.26. The van der Waals surface area contributed by atoms with Gasteiger partial charge in [0.25, 0.3) is 0 Å². The Morgan fingerprint density at radius 1 is 0.400 bits per heavy atom. The van der Waals surface area contributed by atoms with Crippen molar-refractivity contribution in [3.05, 3.63) is 182 Å². The number of nitrogens with zero attached hydrogens (tertiary/aromatic N) is 2. The van der Waals surface area contributed by atoms with Crippen molar-refractivity contribution in [1.82, 2.24) is 4.98 Å². The molecule has 0 spiro atoms. The Hall–Kier alpha value is -6.29. The first kappa shape index (κ1) is 28.7. The van der Waals surface area contributed by atoms with E-state index in [2.05, 4.69) is 180 Å². The molecule has 0 atom stereocenters. The van der Waals surface area contributed by atoms with Crippen LogP contribution >= 0.6 is 11.3 Å². The van der Waals surface area contributed by atoms with Crippen LogP contribution in [0.2, 0.25) is 0 Å². The molecule has 0 radical (unpaired) electrons. The Bertz CT molecular complexity index is 2850. The summed E-state index contributed by atoms with van der Waals surface area (Å²) in [7, 11) is 0. The smallest absolute Gasteiger partial charge is 0.0468 e. The lowest BCUT2D eigenvalue weighted by Gasteiger charge is -2.26. The maximum absolute atomic E-state index is 4.39. The number of hydrogen-bond donors (Lipinski definition) is 0. The molecule has 0 bridgehead atoms. The van der Waals surface area contributed by atoms with Crippen LogP contribution in [0.25, 0.3) is 74.7 Å². The monoisotopic (exact) mass is 654 g/mol. The van der Waals surface area contributed by atoms with Crippen LogP contribution in [0.15, 0.2) is 182 Å². The fourth-order valence-electron chi connectivity index (χ4n) is 7.54. The topological polar surface area (TPSA) is 16.1 Å². The summed E-state index contributed by atoms with van der Waals surface area (Å²) in [6.45, 7) is 0. The summed E-state index contributed by atoms with van der Waals surface area (Å²) in [6.07, 6.45) is 3.86. The third-order valence-electron chi connectivity index (χ3n) is 9.93. The number of aromatic nitrogens is 1. The average Bonchev–Trinajstić information content (AvgIpc) is 3.57. The summed E-state index contributed by atoms with van der Waals surface area (Å²) in [5.41, 5.74) is 8.21. The zero-order chi connectivity index (χ0) is 33.0. The summed E-state index contributed by atoms with van der Waals surface area (Å²) < 4.78 is 2.58. The molecule has 0 saturated carbocycles. The first-order chi connectivity index (χ1) is 24.8.